The Bertz CT molecular complexity index is 1220. The van der Waals surface area contributed by atoms with Gasteiger partial charge in [0.15, 0.2) is 12.4 Å². The van der Waals surface area contributed by atoms with Crippen LogP contribution in [0.5, 0.6) is 11.5 Å². The lowest BCUT2D eigenvalue weighted by atomic mass is 10.0. The van der Waals surface area contributed by atoms with Gasteiger partial charge in [-0.15, -0.1) is 13.2 Å². The van der Waals surface area contributed by atoms with Gasteiger partial charge in [-0.3, -0.25) is 4.79 Å². The summed E-state index contributed by atoms with van der Waals surface area (Å²) in [7, 11) is 0. The summed E-state index contributed by atoms with van der Waals surface area (Å²) < 4.78 is 58.1. The van der Waals surface area contributed by atoms with Crippen LogP contribution in [0.15, 0.2) is 54.6 Å². The number of amides is 1. The summed E-state index contributed by atoms with van der Waals surface area (Å²) in [6.45, 7) is 2.45. The number of rotatable bonds is 6. The third kappa shape index (κ3) is 5.63. The quantitative estimate of drug-likeness (QED) is 0.531. The summed E-state index contributed by atoms with van der Waals surface area (Å²) in [6.07, 6.45) is -3.26. The van der Waals surface area contributed by atoms with Gasteiger partial charge in [0, 0.05) is 37.0 Å². The van der Waals surface area contributed by atoms with Gasteiger partial charge in [0.2, 0.25) is 0 Å². The maximum absolute atomic E-state index is 12.4. The number of ether oxygens (including phenoxy) is 4. The third-order valence-corrected chi connectivity index (χ3v) is 6.06. The molecule has 1 aromatic heterocycles. The molecule has 0 saturated carbocycles. The van der Waals surface area contributed by atoms with Crippen molar-refractivity contribution in [3.05, 3.63) is 54.6 Å². The fourth-order valence-corrected chi connectivity index (χ4v) is 4.34. The number of pyridine rings is 1. The molecule has 2 saturated heterocycles. The summed E-state index contributed by atoms with van der Waals surface area (Å²) >= 11 is 0. The predicted octanol–water partition coefficient (Wildman–Crippen LogP) is 4.49. The minimum absolute atomic E-state index is 0.299. The van der Waals surface area contributed by atoms with Gasteiger partial charge in [-0.05, 0) is 42.5 Å². The van der Waals surface area contributed by atoms with Crippen molar-refractivity contribution in [1.82, 2.24) is 4.98 Å². The maximum Gasteiger partial charge on any atom is 0.573 e. The van der Waals surface area contributed by atoms with Crippen molar-refractivity contribution in [1.29, 1.82) is 0 Å². The number of piperidine rings is 1. The molecule has 1 spiro atoms. The number of hydrogen-bond acceptors (Lipinski definition) is 7. The number of para-hydroxylation sites is 1. The Morgan fingerprint density at radius 3 is 2.44 bits per heavy atom. The summed E-state index contributed by atoms with van der Waals surface area (Å²) in [5.41, 5.74) is 0.944. The van der Waals surface area contributed by atoms with Crippen molar-refractivity contribution >= 4 is 28.3 Å². The van der Waals surface area contributed by atoms with Crippen LogP contribution in [-0.4, -0.2) is 56.0 Å². The Balaban J connectivity index is 1.22. The van der Waals surface area contributed by atoms with E-state index in [9.17, 15) is 18.0 Å². The first-order chi connectivity index (χ1) is 17.3. The maximum atomic E-state index is 12.4. The molecular formula is C25H24F3N3O5. The zero-order valence-electron chi connectivity index (χ0n) is 19.2. The molecule has 5 rings (SSSR count). The molecule has 2 aromatic carbocycles. The molecule has 0 bridgehead atoms. The van der Waals surface area contributed by atoms with Crippen molar-refractivity contribution in [2.45, 2.75) is 25.0 Å². The molecule has 1 amide bonds. The average molecular weight is 503 g/mol. The van der Waals surface area contributed by atoms with Gasteiger partial charge >= 0.3 is 6.36 Å². The van der Waals surface area contributed by atoms with Crippen LogP contribution in [0.4, 0.5) is 24.7 Å². The number of halogens is 3. The van der Waals surface area contributed by atoms with E-state index in [1.165, 1.54) is 12.1 Å². The lowest BCUT2D eigenvalue weighted by Gasteiger charge is -2.38. The minimum Gasteiger partial charge on any atom is -0.481 e. The topological polar surface area (TPSA) is 82.2 Å². The third-order valence-electron chi connectivity index (χ3n) is 6.06. The molecule has 36 heavy (non-hydrogen) atoms. The highest BCUT2D eigenvalue weighted by atomic mass is 19.4. The highest BCUT2D eigenvalue weighted by Gasteiger charge is 2.40. The van der Waals surface area contributed by atoms with Gasteiger partial charge in [0.05, 0.1) is 13.2 Å². The monoisotopic (exact) mass is 503 g/mol. The Morgan fingerprint density at radius 1 is 1.03 bits per heavy atom. The number of nitrogens with zero attached hydrogens (tertiary/aromatic N) is 2. The van der Waals surface area contributed by atoms with Crippen molar-refractivity contribution in [2.75, 3.05) is 43.1 Å². The van der Waals surface area contributed by atoms with Crippen LogP contribution in [0.3, 0.4) is 0 Å². The standard InChI is InChI=1S/C25H24F3N3O5/c26-25(27,28)36-19-7-5-18(6-8-19)29-22(32)16-33-20-3-1-2-17-4-9-21(30-23(17)20)31-12-10-24(11-13-31)34-14-15-35-24/h1-9H,10-16H2,(H,29,32). The number of carbonyl (C=O) groups is 1. The Hall–Kier alpha value is -3.57. The van der Waals surface area contributed by atoms with Crippen molar-refractivity contribution in [3.63, 3.8) is 0 Å². The van der Waals surface area contributed by atoms with Gasteiger partial charge in [-0.1, -0.05) is 12.1 Å². The first-order valence-corrected chi connectivity index (χ1v) is 11.5. The van der Waals surface area contributed by atoms with Crippen molar-refractivity contribution in [2.24, 2.45) is 0 Å². The van der Waals surface area contributed by atoms with Crippen LogP contribution in [-0.2, 0) is 14.3 Å². The van der Waals surface area contributed by atoms with Gasteiger partial charge in [0.25, 0.3) is 5.91 Å². The fraction of sp³-hybridized carbons (Fsp3) is 0.360. The van der Waals surface area contributed by atoms with E-state index in [4.69, 9.17) is 19.2 Å². The largest absolute Gasteiger partial charge is 0.573 e. The second kappa shape index (κ2) is 9.82. The van der Waals surface area contributed by atoms with Crippen LogP contribution in [0.1, 0.15) is 12.8 Å². The Labute approximate surface area is 204 Å². The molecule has 2 fully saturated rings. The second-order valence-electron chi connectivity index (χ2n) is 8.50. The molecule has 190 valence electrons. The Kier molecular flexibility index (Phi) is 6.59. The average Bonchev–Trinajstić information content (AvgIpc) is 3.31. The molecule has 8 nitrogen and oxygen atoms in total. The smallest absolute Gasteiger partial charge is 0.481 e. The second-order valence-corrected chi connectivity index (χ2v) is 8.50. The van der Waals surface area contributed by atoms with Crippen LogP contribution in [0.25, 0.3) is 10.9 Å². The zero-order valence-corrected chi connectivity index (χ0v) is 19.2. The number of nitrogens with one attached hydrogen (secondary N) is 1. The van der Waals surface area contributed by atoms with E-state index in [-0.39, 0.29) is 12.4 Å². The number of hydrogen-bond donors (Lipinski definition) is 1. The number of benzene rings is 2. The molecule has 1 N–H and O–H groups in total. The summed E-state index contributed by atoms with van der Waals surface area (Å²) in [5.74, 6) is -0.0563. The van der Waals surface area contributed by atoms with Gasteiger partial charge in [-0.25, -0.2) is 4.98 Å². The first-order valence-electron chi connectivity index (χ1n) is 11.5. The van der Waals surface area contributed by atoms with E-state index in [1.807, 2.05) is 24.3 Å². The lowest BCUT2D eigenvalue weighted by Crippen LogP contribution is -2.45. The first kappa shape index (κ1) is 24.1. The molecular weight excluding hydrogens is 479 g/mol. The van der Waals surface area contributed by atoms with E-state index in [2.05, 4.69) is 15.0 Å². The zero-order chi connectivity index (χ0) is 25.2. The summed E-state index contributed by atoms with van der Waals surface area (Å²) in [4.78, 5) is 19.3. The van der Waals surface area contributed by atoms with E-state index >= 15 is 0 Å². The van der Waals surface area contributed by atoms with Crippen LogP contribution in [0, 0.1) is 0 Å². The van der Waals surface area contributed by atoms with Gasteiger partial charge in [0.1, 0.15) is 22.8 Å². The molecule has 3 aromatic rings. The van der Waals surface area contributed by atoms with Crippen molar-refractivity contribution in [3.8, 4) is 11.5 Å². The van der Waals surface area contributed by atoms with Gasteiger partial charge in [-0.2, -0.15) is 0 Å². The summed E-state index contributed by atoms with van der Waals surface area (Å²) in [5, 5.41) is 3.45. The van der Waals surface area contributed by atoms with E-state index in [0.29, 0.717) is 30.2 Å². The molecule has 2 aliphatic rings. The van der Waals surface area contributed by atoms with Crippen molar-refractivity contribution < 1.29 is 36.9 Å². The highest BCUT2D eigenvalue weighted by molar-refractivity contribution is 5.92. The molecule has 0 aliphatic carbocycles. The van der Waals surface area contributed by atoms with Crippen LogP contribution in [0.2, 0.25) is 0 Å². The lowest BCUT2D eigenvalue weighted by molar-refractivity contribution is -0.274. The van der Waals surface area contributed by atoms with E-state index in [0.717, 1.165) is 49.3 Å². The van der Waals surface area contributed by atoms with Crippen LogP contribution >= 0.6 is 0 Å². The fourth-order valence-electron chi connectivity index (χ4n) is 4.34. The predicted molar refractivity (Wildman–Crippen MR) is 125 cm³/mol. The number of alkyl halides is 3. The molecule has 2 aliphatic heterocycles. The number of anilines is 2. The molecule has 11 heteroatoms. The van der Waals surface area contributed by atoms with Crippen LogP contribution < -0.4 is 19.7 Å². The molecule has 3 heterocycles. The normalized spacial score (nSPS) is 17.4. The number of carbonyl (C=O) groups excluding carboxylic acids is 1. The number of fused-ring (bicyclic) bond motifs is 1. The van der Waals surface area contributed by atoms with Gasteiger partial charge < -0.3 is 29.2 Å². The summed E-state index contributed by atoms with van der Waals surface area (Å²) in [6, 6.07) is 14.2. The van der Waals surface area contributed by atoms with E-state index < -0.39 is 18.1 Å². The molecule has 0 unspecified atom stereocenters. The number of aromatic nitrogens is 1. The SMILES string of the molecule is O=C(COc1cccc2ccc(N3CCC4(CC3)OCCO4)nc12)Nc1ccc(OC(F)(F)F)cc1. The minimum atomic E-state index is -4.78. The molecule has 0 radical (unpaired) electrons. The molecule has 0 atom stereocenters. The van der Waals surface area contributed by atoms with E-state index in [1.54, 1.807) is 6.07 Å². The Morgan fingerprint density at radius 2 is 1.75 bits per heavy atom. The highest BCUT2D eigenvalue weighted by Crippen LogP contribution is 2.34.